The fraction of sp³-hybridized carbons (Fsp3) is 0.385. The number of halogens is 1. The van der Waals surface area contributed by atoms with Gasteiger partial charge < -0.3 is 9.64 Å². The molecule has 1 aromatic heterocycles. The minimum Gasteiger partial charge on any atom is -0.497 e. The standard InChI is InChI=1S/C26H33N3O2S.ClH/c1-26(2,3)21-12-8-20(9-13-21)24(30)29(17-7-16-28(4)5)25-27-23(18-32-25)19-10-14-22(31-6)15-11-19;/h8-15,18H,7,16-17H2,1-6H3;1H. The number of aromatic nitrogens is 1. The summed E-state index contributed by atoms with van der Waals surface area (Å²) in [4.78, 5) is 22.2. The lowest BCUT2D eigenvalue weighted by Crippen LogP contribution is -2.33. The third kappa shape index (κ3) is 7.03. The van der Waals surface area contributed by atoms with E-state index >= 15 is 0 Å². The molecular formula is C26H34ClN3O2S. The van der Waals surface area contributed by atoms with Gasteiger partial charge in [-0.15, -0.1) is 23.7 Å². The molecule has 0 N–H and O–H groups in total. The van der Waals surface area contributed by atoms with Gasteiger partial charge in [0.2, 0.25) is 0 Å². The second-order valence-electron chi connectivity index (χ2n) is 9.18. The second-order valence-corrected chi connectivity index (χ2v) is 10.0. The Morgan fingerprint density at radius 2 is 1.64 bits per heavy atom. The van der Waals surface area contributed by atoms with Crippen LogP contribution < -0.4 is 9.64 Å². The van der Waals surface area contributed by atoms with Crippen molar-refractivity contribution >= 4 is 34.8 Å². The Balaban J connectivity index is 0.00000385. The molecule has 1 heterocycles. The van der Waals surface area contributed by atoms with Crippen molar-refractivity contribution in [1.29, 1.82) is 0 Å². The average Bonchev–Trinajstić information content (AvgIpc) is 3.25. The highest BCUT2D eigenvalue weighted by Crippen LogP contribution is 2.30. The molecule has 178 valence electrons. The quantitative estimate of drug-likeness (QED) is 0.383. The first-order valence-electron chi connectivity index (χ1n) is 10.9. The predicted octanol–water partition coefficient (Wildman–Crippen LogP) is 6.14. The van der Waals surface area contributed by atoms with Gasteiger partial charge in [0, 0.05) is 23.1 Å². The monoisotopic (exact) mass is 487 g/mol. The van der Waals surface area contributed by atoms with Gasteiger partial charge in [0.1, 0.15) is 5.75 Å². The van der Waals surface area contributed by atoms with Crippen LogP contribution >= 0.6 is 23.7 Å². The van der Waals surface area contributed by atoms with Gasteiger partial charge >= 0.3 is 0 Å². The number of methoxy groups -OCH3 is 1. The first-order chi connectivity index (χ1) is 15.2. The van der Waals surface area contributed by atoms with Crippen molar-refractivity contribution in [3.8, 4) is 17.0 Å². The summed E-state index contributed by atoms with van der Waals surface area (Å²) >= 11 is 1.50. The molecule has 33 heavy (non-hydrogen) atoms. The van der Waals surface area contributed by atoms with E-state index in [1.807, 2.05) is 60.8 Å². The van der Waals surface area contributed by atoms with Crippen molar-refractivity contribution in [1.82, 2.24) is 9.88 Å². The van der Waals surface area contributed by atoms with Crippen LogP contribution in [0.3, 0.4) is 0 Å². The van der Waals surface area contributed by atoms with E-state index in [1.165, 1.54) is 16.9 Å². The zero-order valence-electron chi connectivity index (χ0n) is 20.3. The molecule has 0 unspecified atom stereocenters. The van der Waals surface area contributed by atoms with Crippen molar-refractivity contribution < 1.29 is 9.53 Å². The molecule has 1 amide bonds. The number of benzene rings is 2. The normalized spacial score (nSPS) is 11.2. The Bertz CT molecular complexity index is 1020. The van der Waals surface area contributed by atoms with Gasteiger partial charge in [0.25, 0.3) is 5.91 Å². The molecule has 2 aromatic carbocycles. The zero-order valence-corrected chi connectivity index (χ0v) is 21.9. The Labute approximate surface area is 207 Å². The maximum atomic E-state index is 13.5. The van der Waals surface area contributed by atoms with E-state index in [0.717, 1.165) is 35.1 Å². The van der Waals surface area contributed by atoms with Gasteiger partial charge in [-0.3, -0.25) is 9.69 Å². The number of nitrogens with zero attached hydrogens (tertiary/aromatic N) is 3. The first kappa shape index (κ1) is 26.8. The van der Waals surface area contributed by atoms with Gasteiger partial charge in [-0.25, -0.2) is 4.98 Å². The molecule has 7 heteroatoms. The van der Waals surface area contributed by atoms with Crippen LogP contribution in [0.25, 0.3) is 11.3 Å². The number of rotatable bonds is 8. The van der Waals surface area contributed by atoms with Crippen LogP contribution in [0.5, 0.6) is 5.75 Å². The van der Waals surface area contributed by atoms with Gasteiger partial charge in [-0.2, -0.15) is 0 Å². The van der Waals surface area contributed by atoms with Crippen molar-refractivity contribution in [3.63, 3.8) is 0 Å². The van der Waals surface area contributed by atoms with Crippen molar-refractivity contribution in [2.24, 2.45) is 0 Å². The van der Waals surface area contributed by atoms with E-state index in [1.54, 1.807) is 7.11 Å². The lowest BCUT2D eigenvalue weighted by Gasteiger charge is -2.22. The topological polar surface area (TPSA) is 45.7 Å². The van der Waals surface area contributed by atoms with E-state index in [4.69, 9.17) is 9.72 Å². The largest absolute Gasteiger partial charge is 0.497 e. The molecule has 0 saturated heterocycles. The number of anilines is 1. The number of hydrogen-bond acceptors (Lipinski definition) is 5. The van der Waals surface area contributed by atoms with Crippen LogP contribution in [-0.2, 0) is 5.41 Å². The van der Waals surface area contributed by atoms with Gasteiger partial charge in [0.15, 0.2) is 5.13 Å². The third-order valence-corrected chi connectivity index (χ3v) is 6.20. The molecule has 0 saturated carbocycles. The molecule has 0 aliphatic heterocycles. The number of carbonyl (C=O) groups is 1. The summed E-state index contributed by atoms with van der Waals surface area (Å²) in [7, 11) is 5.74. The molecule has 0 aliphatic carbocycles. The first-order valence-corrected chi connectivity index (χ1v) is 11.7. The molecule has 0 radical (unpaired) electrons. The van der Waals surface area contributed by atoms with Gasteiger partial charge in [0.05, 0.1) is 12.8 Å². The van der Waals surface area contributed by atoms with Crippen LogP contribution in [-0.4, -0.2) is 50.1 Å². The van der Waals surface area contributed by atoms with Gasteiger partial charge in [-0.05, 0) is 74.4 Å². The fourth-order valence-electron chi connectivity index (χ4n) is 3.38. The molecule has 0 bridgehead atoms. The van der Waals surface area contributed by atoms with Crippen molar-refractivity contribution in [2.75, 3.05) is 39.2 Å². The van der Waals surface area contributed by atoms with Crippen LogP contribution in [0.4, 0.5) is 5.13 Å². The summed E-state index contributed by atoms with van der Waals surface area (Å²) in [5.41, 5.74) is 3.81. The summed E-state index contributed by atoms with van der Waals surface area (Å²) in [6.45, 7) is 8.05. The highest BCUT2D eigenvalue weighted by molar-refractivity contribution is 7.14. The number of ether oxygens (including phenoxy) is 1. The number of carbonyl (C=O) groups excluding carboxylic acids is 1. The Morgan fingerprint density at radius 1 is 1.00 bits per heavy atom. The maximum absolute atomic E-state index is 13.5. The fourth-order valence-corrected chi connectivity index (χ4v) is 4.24. The molecule has 0 atom stereocenters. The number of thiazole rings is 1. The van der Waals surface area contributed by atoms with E-state index in [2.05, 4.69) is 37.8 Å². The minimum atomic E-state index is -0.0140. The Hall–Kier alpha value is -2.41. The van der Waals surface area contributed by atoms with Crippen molar-refractivity contribution in [2.45, 2.75) is 32.6 Å². The highest BCUT2D eigenvalue weighted by atomic mass is 35.5. The minimum absolute atomic E-state index is 0. The second kappa shape index (κ2) is 11.6. The summed E-state index contributed by atoms with van der Waals surface area (Å²) in [5, 5.41) is 2.73. The lowest BCUT2D eigenvalue weighted by atomic mass is 9.86. The highest BCUT2D eigenvalue weighted by Gasteiger charge is 2.22. The van der Waals surface area contributed by atoms with Crippen LogP contribution in [0.15, 0.2) is 53.9 Å². The molecule has 3 rings (SSSR count). The van der Waals surface area contributed by atoms with Crippen LogP contribution in [0.2, 0.25) is 0 Å². The summed E-state index contributed by atoms with van der Waals surface area (Å²) in [6, 6.07) is 15.8. The maximum Gasteiger partial charge on any atom is 0.260 e. The molecule has 0 spiro atoms. The Morgan fingerprint density at radius 3 is 2.18 bits per heavy atom. The number of hydrogen-bond donors (Lipinski definition) is 0. The summed E-state index contributed by atoms with van der Waals surface area (Å²) in [5.74, 6) is 0.795. The lowest BCUT2D eigenvalue weighted by molar-refractivity contribution is 0.0986. The molecular weight excluding hydrogens is 454 g/mol. The van der Waals surface area contributed by atoms with E-state index < -0.39 is 0 Å². The summed E-state index contributed by atoms with van der Waals surface area (Å²) < 4.78 is 5.25. The average molecular weight is 488 g/mol. The van der Waals surface area contributed by atoms with Gasteiger partial charge in [-0.1, -0.05) is 32.9 Å². The SMILES string of the molecule is COc1ccc(-c2csc(N(CCCN(C)C)C(=O)c3ccc(C(C)(C)C)cc3)n2)cc1.Cl. The predicted molar refractivity (Wildman–Crippen MR) is 141 cm³/mol. The third-order valence-electron chi connectivity index (χ3n) is 5.34. The zero-order chi connectivity index (χ0) is 23.3. The molecule has 3 aromatic rings. The van der Waals surface area contributed by atoms with E-state index in [9.17, 15) is 4.79 Å². The van der Waals surface area contributed by atoms with Crippen molar-refractivity contribution in [3.05, 3.63) is 65.0 Å². The smallest absolute Gasteiger partial charge is 0.260 e. The van der Waals surface area contributed by atoms with Crippen LogP contribution in [0.1, 0.15) is 43.1 Å². The van der Waals surface area contributed by atoms with Crippen LogP contribution in [0, 0.1) is 0 Å². The number of amides is 1. The molecule has 0 fully saturated rings. The summed E-state index contributed by atoms with van der Waals surface area (Å²) in [6.07, 6.45) is 0.871. The van der Waals surface area contributed by atoms with E-state index in [-0.39, 0.29) is 23.7 Å². The Kier molecular flexibility index (Phi) is 9.46. The molecule has 5 nitrogen and oxygen atoms in total. The molecule has 0 aliphatic rings. The van der Waals surface area contributed by atoms with E-state index in [0.29, 0.717) is 12.1 Å².